The second-order valence-electron chi connectivity index (χ2n) is 13.6. The van der Waals surface area contributed by atoms with E-state index in [2.05, 4.69) is 188 Å². The molecule has 1 aromatic heterocycles. The first-order chi connectivity index (χ1) is 23.4. The molecule has 0 N–H and O–H groups in total. The van der Waals surface area contributed by atoms with Gasteiger partial charge in [0, 0.05) is 38.6 Å². The Hall–Kier alpha value is -5.86. The number of nitrogens with zero attached hydrogens (tertiary/aromatic N) is 2. The minimum atomic E-state index is -0.191. The van der Waals surface area contributed by atoms with Crippen LogP contribution in [0.2, 0.25) is 0 Å². The molecule has 48 heavy (non-hydrogen) atoms. The number of anilines is 3. The number of para-hydroxylation sites is 2. The predicted molar refractivity (Wildman–Crippen MR) is 205 cm³/mol. The summed E-state index contributed by atoms with van der Waals surface area (Å²) in [4.78, 5) is 2.41. The van der Waals surface area contributed by atoms with Crippen LogP contribution >= 0.6 is 0 Å². The molecule has 1 heterocycles. The smallest absolute Gasteiger partial charge is 0.0541 e. The fourth-order valence-corrected chi connectivity index (χ4v) is 7.92. The molecule has 2 nitrogen and oxygen atoms in total. The molecule has 0 bridgehead atoms. The SMILES string of the molecule is C=C(C)c1ccc(N(c2ccc3c(c2)C(C)(C)c2cc(-n4c5ccccc5c5ccccc54)ccc2-3)c2cccc3ccccc23)cc1. The van der Waals surface area contributed by atoms with E-state index in [1.165, 1.54) is 60.5 Å². The highest BCUT2D eigenvalue weighted by Gasteiger charge is 2.36. The number of aromatic nitrogens is 1. The number of allylic oxidation sites excluding steroid dienone is 1. The van der Waals surface area contributed by atoms with E-state index >= 15 is 0 Å². The van der Waals surface area contributed by atoms with Crippen molar-refractivity contribution < 1.29 is 0 Å². The molecule has 0 unspecified atom stereocenters. The van der Waals surface area contributed by atoms with Crippen LogP contribution in [-0.4, -0.2) is 4.57 Å². The van der Waals surface area contributed by atoms with Crippen LogP contribution < -0.4 is 4.90 Å². The van der Waals surface area contributed by atoms with Crippen LogP contribution in [0.15, 0.2) is 158 Å². The van der Waals surface area contributed by atoms with Gasteiger partial charge in [0.2, 0.25) is 0 Å². The van der Waals surface area contributed by atoms with E-state index in [0.29, 0.717) is 0 Å². The molecule has 0 amide bonds. The normalized spacial score (nSPS) is 13.1. The molecule has 8 aromatic rings. The molecule has 0 fully saturated rings. The average molecular weight is 617 g/mol. The van der Waals surface area contributed by atoms with Crippen molar-refractivity contribution in [3.8, 4) is 16.8 Å². The summed E-state index contributed by atoms with van der Waals surface area (Å²) in [6.45, 7) is 11.0. The summed E-state index contributed by atoms with van der Waals surface area (Å²) in [5, 5.41) is 5.02. The molecule has 0 aliphatic heterocycles. The highest BCUT2D eigenvalue weighted by atomic mass is 15.1. The number of fused-ring (bicyclic) bond motifs is 7. The van der Waals surface area contributed by atoms with Gasteiger partial charge in [-0.1, -0.05) is 123 Å². The molecule has 7 aromatic carbocycles. The lowest BCUT2D eigenvalue weighted by atomic mass is 9.82. The highest BCUT2D eigenvalue weighted by molar-refractivity contribution is 6.09. The molecule has 9 rings (SSSR count). The Balaban J connectivity index is 1.21. The Labute approximate surface area is 281 Å². The van der Waals surface area contributed by atoms with Gasteiger partial charge in [-0.15, -0.1) is 0 Å². The zero-order valence-electron chi connectivity index (χ0n) is 27.5. The van der Waals surface area contributed by atoms with Crippen molar-refractivity contribution in [3.05, 3.63) is 175 Å². The summed E-state index contributed by atoms with van der Waals surface area (Å²) in [6, 6.07) is 55.6. The van der Waals surface area contributed by atoms with Crippen LogP contribution in [0, 0.1) is 0 Å². The van der Waals surface area contributed by atoms with Gasteiger partial charge in [0.05, 0.1) is 16.7 Å². The fourth-order valence-electron chi connectivity index (χ4n) is 7.92. The van der Waals surface area contributed by atoms with Gasteiger partial charge >= 0.3 is 0 Å². The average Bonchev–Trinajstić information content (AvgIpc) is 3.57. The maximum absolute atomic E-state index is 4.17. The van der Waals surface area contributed by atoms with E-state index in [1.54, 1.807) is 0 Å². The Bertz CT molecular complexity index is 2510. The summed E-state index contributed by atoms with van der Waals surface area (Å²) in [5.41, 5.74) is 14.5. The van der Waals surface area contributed by atoms with Crippen LogP contribution in [0.25, 0.3) is 55.0 Å². The molecule has 0 atom stereocenters. The predicted octanol–water partition coefficient (Wildman–Crippen LogP) is 12.7. The summed E-state index contributed by atoms with van der Waals surface area (Å²) in [5.74, 6) is 0. The van der Waals surface area contributed by atoms with E-state index in [1.807, 2.05) is 0 Å². The molecule has 0 radical (unpaired) electrons. The number of rotatable bonds is 5. The van der Waals surface area contributed by atoms with Crippen molar-refractivity contribution in [2.45, 2.75) is 26.2 Å². The Kier molecular flexibility index (Phi) is 6.26. The van der Waals surface area contributed by atoms with Gasteiger partial charge in [-0.2, -0.15) is 0 Å². The zero-order valence-corrected chi connectivity index (χ0v) is 27.5. The summed E-state index contributed by atoms with van der Waals surface area (Å²) >= 11 is 0. The minimum absolute atomic E-state index is 0.191. The van der Waals surface area contributed by atoms with E-state index in [0.717, 1.165) is 28.2 Å². The number of hydrogen-bond acceptors (Lipinski definition) is 1. The second-order valence-corrected chi connectivity index (χ2v) is 13.6. The molecule has 230 valence electrons. The molecule has 1 aliphatic carbocycles. The summed E-state index contributed by atoms with van der Waals surface area (Å²) < 4.78 is 2.42. The molecule has 1 aliphatic rings. The summed E-state index contributed by atoms with van der Waals surface area (Å²) in [6.07, 6.45) is 0. The van der Waals surface area contributed by atoms with Crippen LogP contribution in [-0.2, 0) is 5.41 Å². The van der Waals surface area contributed by atoms with Gasteiger partial charge in [-0.05, 0) is 94.7 Å². The lowest BCUT2D eigenvalue weighted by Gasteiger charge is -2.29. The Morgan fingerprint density at radius 1 is 0.562 bits per heavy atom. The maximum Gasteiger partial charge on any atom is 0.0541 e. The molecular weight excluding hydrogens is 581 g/mol. The minimum Gasteiger partial charge on any atom is -0.310 e. The van der Waals surface area contributed by atoms with Gasteiger partial charge in [-0.25, -0.2) is 0 Å². The van der Waals surface area contributed by atoms with E-state index in [-0.39, 0.29) is 5.41 Å². The summed E-state index contributed by atoms with van der Waals surface area (Å²) in [7, 11) is 0. The Morgan fingerprint density at radius 2 is 1.12 bits per heavy atom. The van der Waals surface area contributed by atoms with Crippen LogP contribution in [0.4, 0.5) is 17.1 Å². The fraction of sp³-hybridized carbons (Fsp3) is 0.0870. The van der Waals surface area contributed by atoms with E-state index < -0.39 is 0 Å². The molecule has 0 saturated heterocycles. The first-order valence-corrected chi connectivity index (χ1v) is 16.7. The van der Waals surface area contributed by atoms with Crippen molar-refractivity contribution in [3.63, 3.8) is 0 Å². The van der Waals surface area contributed by atoms with Crippen molar-refractivity contribution in [2.75, 3.05) is 4.90 Å². The number of benzene rings is 7. The molecule has 0 saturated carbocycles. The molecule has 2 heteroatoms. The van der Waals surface area contributed by atoms with Crippen molar-refractivity contribution in [1.82, 2.24) is 4.57 Å². The van der Waals surface area contributed by atoms with E-state index in [9.17, 15) is 0 Å². The quantitative estimate of drug-likeness (QED) is 0.187. The first kappa shape index (κ1) is 28.4. The van der Waals surface area contributed by atoms with Crippen molar-refractivity contribution in [1.29, 1.82) is 0 Å². The molecule has 0 spiro atoms. The van der Waals surface area contributed by atoms with Crippen LogP contribution in [0.5, 0.6) is 0 Å². The topological polar surface area (TPSA) is 8.17 Å². The second kappa shape index (κ2) is 10.6. The van der Waals surface area contributed by atoms with Crippen molar-refractivity contribution in [2.24, 2.45) is 0 Å². The number of hydrogen-bond donors (Lipinski definition) is 0. The lowest BCUT2D eigenvalue weighted by Crippen LogP contribution is -2.17. The highest BCUT2D eigenvalue weighted by Crippen LogP contribution is 2.52. The standard InChI is InChI=1S/C46H36N2/c1-30(2)31-20-22-33(23-21-31)47(43-19-11-13-32-12-5-6-14-36(32)43)34-24-26-37-38-27-25-35(29-42(38)46(3,4)41(37)28-34)48-44-17-9-7-15-39(44)40-16-8-10-18-45(40)48/h5-29H,1H2,2-4H3. The Morgan fingerprint density at radius 3 is 1.81 bits per heavy atom. The largest absolute Gasteiger partial charge is 0.310 e. The zero-order chi connectivity index (χ0) is 32.6. The van der Waals surface area contributed by atoms with E-state index in [4.69, 9.17) is 0 Å². The van der Waals surface area contributed by atoms with Crippen LogP contribution in [0.3, 0.4) is 0 Å². The first-order valence-electron chi connectivity index (χ1n) is 16.7. The van der Waals surface area contributed by atoms with Gasteiger partial charge in [0.25, 0.3) is 0 Å². The van der Waals surface area contributed by atoms with Gasteiger partial charge < -0.3 is 9.47 Å². The van der Waals surface area contributed by atoms with Crippen LogP contribution in [0.1, 0.15) is 37.5 Å². The monoisotopic (exact) mass is 616 g/mol. The lowest BCUT2D eigenvalue weighted by molar-refractivity contribution is 0.660. The van der Waals surface area contributed by atoms with Gasteiger partial charge in [0.1, 0.15) is 0 Å². The third kappa shape index (κ3) is 4.19. The third-order valence-corrected chi connectivity index (χ3v) is 10.4. The maximum atomic E-state index is 4.17. The third-order valence-electron chi connectivity index (χ3n) is 10.4. The van der Waals surface area contributed by atoms with Crippen molar-refractivity contribution >= 4 is 55.2 Å². The van der Waals surface area contributed by atoms with Gasteiger partial charge in [0.15, 0.2) is 0 Å². The molecular formula is C46H36N2. The van der Waals surface area contributed by atoms with Gasteiger partial charge in [-0.3, -0.25) is 0 Å².